The van der Waals surface area contributed by atoms with Gasteiger partial charge in [0, 0.05) is 4.47 Å². The van der Waals surface area contributed by atoms with Gasteiger partial charge in [-0.2, -0.15) is 0 Å². The molecule has 0 aliphatic carbocycles. The highest BCUT2D eigenvalue weighted by molar-refractivity contribution is 9.10. The van der Waals surface area contributed by atoms with Gasteiger partial charge in [0.2, 0.25) is 0 Å². The van der Waals surface area contributed by atoms with E-state index in [2.05, 4.69) is 22.9 Å². The summed E-state index contributed by atoms with van der Waals surface area (Å²) in [5.41, 5.74) is 2.49. The topological polar surface area (TPSA) is 20.2 Å². The van der Waals surface area contributed by atoms with Gasteiger partial charge >= 0.3 is 0 Å². The number of rotatable bonds is 3. The predicted molar refractivity (Wildman–Crippen MR) is 74.0 cm³/mol. The third-order valence-electron chi connectivity index (χ3n) is 2.88. The molecule has 0 amide bonds. The molecule has 1 N–H and O–H groups in total. The Morgan fingerprint density at radius 2 is 1.94 bits per heavy atom. The van der Waals surface area contributed by atoms with Gasteiger partial charge in [-0.3, -0.25) is 0 Å². The van der Waals surface area contributed by atoms with Crippen LogP contribution in [0.25, 0.3) is 0 Å². The first-order valence-corrected chi connectivity index (χ1v) is 6.62. The fraction of sp³-hybridized carbons (Fsp3) is 0.200. The van der Waals surface area contributed by atoms with Gasteiger partial charge in [0.05, 0.1) is 0 Å². The van der Waals surface area contributed by atoms with E-state index < -0.39 is 6.10 Å². The molecule has 0 spiro atoms. The van der Waals surface area contributed by atoms with Gasteiger partial charge < -0.3 is 5.11 Å². The lowest BCUT2D eigenvalue weighted by molar-refractivity contribution is 0.219. The second-order valence-corrected chi connectivity index (χ2v) is 5.12. The lowest BCUT2D eigenvalue weighted by Crippen LogP contribution is -2.01. The van der Waals surface area contributed by atoms with E-state index in [1.54, 1.807) is 6.07 Å². The highest BCUT2D eigenvalue weighted by Crippen LogP contribution is 2.26. The van der Waals surface area contributed by atoms with E-state index in [-0.39, 0.29) is 5.82 Å². The van der Waals surface area contributed by atoms with Crippen LogP contribution in [0.15, 0.2) is 46.9 Å². The average Bonchev–Trinajstić information content (AvgIpc) is 2.37. The molecule has 0 saturated heterocycles. The van der Waals surface area contributed by atoms with Gasteiger partial charge in [0.15, 0.2) is 0 Å². The molecule has 94 valence electrons. The third-order valence-corrected chi connectivity index (χ3v) is 3.33. The zero-order valence-corrected chi connectivity index (χ0v) is 11.6. The molecule has 0 aliphatic heterocycles. The van der Waals surface area contributed by atoms with Crippen LogP contribution in [0.5, 0.6) is 0 Å². The summed E-state index contributed by atoms with van der Waals surface area (Å²) in [6.07, 6.45) is 0.108. The van der Waals surface area contributed by atoms with E-state index in [4.69, 9.17) is 0 Å². The number of benzene rings is 2. The molecule has 2 aromatic carbocycles. The number of aliphatic hydroxyl groups is 1. The zero-order valence-electron chi connectivity index (χ0n) is 10.0. The molecule has 2 aromatic rings. The predicted octanol–water partition coefficient (Wildman–Crippen LogP) is 4.23. The van der Waals surface area contributed by atoms with E-state index in [1.165, 1.54) is 12.1 Å². The van der Waals surface area contributed by atoms with Crippen LogP contribution < -0.4 is 0 Å². The molecule has 0 radical (unpaired) electrons. The molecule has 0 aliphatic rings. The Labute approximate surface area is 114 Å². The van der Waals surface area contributed by atoms with Crippen molar-refractivity contribution >= 4 is 15.9 Å². The van der Waals surface area contributed by atoms with Crippen molar-refractivity contribution < 1.29 is 9.50 Å². The Morgan fingerprint density at radius 1 is 1.17 bits per heavy atom. The summed E-state index contributed by atoms with van der Waals surface area (Å²) in [4.78, 5) is 0. The average molecular weight is 309 g/mol. The Morgan fingerprint density at radius 3 is 2.61 bits per heavy atom. The minimum absolute atomic E-state index is 0.356. The molecule has 0 fully saturated rings. The summed E-state index contributed by atoms with van der Waals surface area (Å²) < 4.78 is 13.9. The van der Waals surface area contributed by atoms with E-state index >= 15 is 0 Å². The Bertz CT molecular complexity index is 534. The van der Waals surface area contributed by atoms with E-state index in [9.17, 15) is 9.50 Å². The van der Waals surface area contributed by atoms with Gasteiger partial charge in [-0.15, -0.1) is 0 Å². The Balaban J connectivity index is 2.37. The van der Waals surface area contributed by atoms with E-state index in [1.807, 2.05) is 24.3 Å². The van der Waals surface area contributed by atoms with Crippen molar-refractivity contribution in [2.45, 2.75) is 19.4 Å². The van der Waals surface area contributed by atoms with Crippen molar-refractivity contribution in [3.8, 4) is 0 Å². The van der Waals surface area contributed by atoms with Crippen LogP contribution in [0, 0.1) is 5.82 Å². The molecule has 0 saturated carbocycles. The van der Waals surface area contributed by atoms with Gasteiger partial charge in [-0.1, -0.05) is 47.1 Å². The number of aryl methyl sites for hydroxylation is 1. The van der Waals surface area contributed by atoms with Crippen molar-refractivity contribution in [3.05, 3.63) is 69.4 Å². The van der Waals surface area contributed by atoms with Crippen molar-refractivity contribution in [3.63, 3.8) is 0 Å². The first-order chi connectivity index (χ1) is 8.60. The number of aliphatic hydroxyl groups excluding tert-OH is 1. The van der Waals surface area contributed by atoms with Crippen LogP contribution in [0.2, 0.25) is 0 Å². The summed E-state index contributed by atoms with van der Waals surface area (Å²) >= 11 is 3.23. The standard InChI is InChI=1S/C15H14BrFO/c1-2-10-4-3-5-11(6-10)15(18)12-7-13(16)9-14(17)8-12/h3-9,15,18H,2H2,1H3. The number of halogens is 2. The second kappa shape index (κ2) is 5.63. The fourth-order valence-corrected chi connectivity index (χ4v) is 2.39. The maximum Gasteiger partial charge on any atom is 0.124 e. The van der Waals surface area contributed by atoms with E-state index in [0.29, 0.717) is 10.0 Å². The maximum atomic E-state index is 13.3. The van der Waals surface area contributed by atoms with Crippen LogP contribution in [0.1, 0.15) is 29.7 Å². The highest BCUT2D eigenvalue weighted by Gasteiger charge is 2.12. The van der Waals surface area contributed by atoms with E-state index in [0.717, 1.165) is 17.5 Å². The molecular weight excluding hydrogens is 295 g/mol. The Kier molecular flexibility index (Phi) is 4.15. The summed E-state index contributed by atoms with van der Waals surface area (Å²) in [7, 11) is 0. The number of hydrogen-bond donors (Lipinski definition) is 1. The summed E-state index contributed by atoms with van der Waals surface area (Å²) in [6, 6.07) is 12.2. The van der Waals surface area contributed by atoms with Crippen molar-refractivity contribution in [1.29, 1.82) is 0 Å². The van der Waals surface area contributed by atoms with Crippen molar-refractivity contribution in [2.75, 3.05) is 0 Å². The molecule has 1 nitrogen and oxygen atoms in total. The smallest absolute Gasteiger partial charge is 0.124 e. The van der Waals surface area contributed by atoms with Crippen LogP contribution in [0.3, 0.4) is 0 Å². The maximum absolute atomic E-state index is 13.3. The van der Waals surface area contributed by atoms with Crippen LogP contribution in [-0.2, 0) is 6.42 Å². The Hall–Kier alpha value is -1.19. The second-order valence-electron chi connectivity index (χ2n) is 4.20. The minimum atomic E-state index is -0.802. The first kappa shape index (κ1) is 13.2. The molecule has 0 heterocycles. The van der Waals surface area contributed by atoms with Crippen molar-refractivity contribution in [2.24, 2.45) is 0 Å². The lowest BCUT2D eigenvalue weighted by atomic mass is 9.99. The fourth-order valence-electron chi connectivity index (χ4n) is 1.91. The lowest BCUT2D eigenvalue weighted by Gasteiger charge is -2.13. The normalized spacial score (nSPS) is 12.4. The largest absolute Gasteiger partial charge is 0.384 e. The summed E-state index contributed by atoms with van der Waals surface area (Å²) in [5, 5.41) is 10.3. The third kappa shape index (κ3) is 2.98. The molecule has 3 heteroatoms. The van der Waals surface area contributed by atoms with Crippen LogP contribution in [-0.4, -0.2) is 5.11 Å². The summed E-state index contributed by atoms with van der Waals surface area (Å²) in [5.74, 6) is -0.356. The van der Waals surface area contributed by atoms with Gasteiger partial charge in [0.1, 0.15) is 11.9 Å². The van der Waals surface area contributed by atoms with Gasteiger partial charge in [-0.05, 0) is 41.3 Å². The minimum Gasteiger partial charge on any atom is -0.384 e. The highest BCUT2D eigenvalue weighted by atomic mass is 79.9. The molecule has 1 unspecified atom stereocenters. The zero-order chi connectivity index (χ0) is 13.1. The number of hydrogen-bond acceptors (Lipinski definition) is 1. The molecule has 0 aromatic heterocycles. The monoisotopic (exact) mass is 308 g/mol. The van der Waals surface area contributed by atoms with Gasteiger partial charge in [0.25, 0.3) is 0 Å². The molecule has 2 rings (SSSR count). The molecular formula is C15H14BrFO. The van der Waals surface area contributed by atoms with Crippen molar-refractivity contribution in [1.82, 2.24) is 0 Å². The molecule has 1 atom stereocenters. The van der Waals surface area contributed by atoms with Crippen LogP contribution in [0.4, 0.5) is 4.39 Å². The van der Waals surface area contributed by atoms with Gasteiger partial charge in [-0.25, -0.2) is 4.39 Å². The summed E-state index contributed by atoms with van der Waals surface area (Å²) in [6.45, 7) is 2.06. The molecule has 18 heavy (non-hydrogen) atoms. The quantitative estimate of drug-likeness (QED) is 0.899. The SMILES string of the molecule is CCc1cccc(C(O)c2cc(F)cc(Br)c2)c1. The van der Waals surface area contributed by atoms with Crippen LogP contribution >= 0.6 is 15.9 Å². The molecule has 0 bridgehead atoms. The first-order valence-electron chi connectivity index (χ1n) is 5.83.